The van der Waals surface area contributed by atoms with Crippen LogP contribution in [0.25, 0.3) is 11.3 Å². The minimum Gasteiger partial charge on any atom is -0.486 e. The molecule has 224 valence electrons. The molecule has 2 aliphatic rings. The molecule has 0 spiro atoms. The van der Waals surface area contributed by atoms with Gasteiger partial charge in [-0.2, -0.15) is 0 Å². The number of fused-ring (bicyclic) bond motifs is 1. The van der Waals surface area contributed by atoms with E-state index in [9.17, 15) is 13.6 Å². The van der Waals surface area contributed by atoms with E-state index in [2.05, 4.69) is 15.3 Å². The highest BCUT2D eigenvalue weighted by Gasteiger charge is 2.29. The quantitative estimate of drug-likeness (QED) is 0.346. The molecular weight excluding hydrogens is 547 g/mol. The number of nitrogens with one attached hydrogen (secondary N) is 1. The molecule has 3 aromatic rings. The minimum absolute atomic E-state index is 0.0410. The van der Waals surface area contributed by atoms with Crippen LogP contribution in [0.3, 0.4) is 0 Å². The summed E-state index contributed by atoms with van der Waals surface area (Å²) in [5, 5.41) is 2.93. The van der Waals surface area contributed by atoms with Crippen LogP contribution in [0, 0.1) is 17.5 Å². The highest BCUT2D eigenvalue weighted by molar-refractivity contribution is 5.73. The van der Waals surface area contributed by atoms with E-state index < -0.39 is 23.1 Å². The largest absolute Gasteiger partial charge is 0.486 e. The number of halogens is 3. The SMILES string of the molecule is CC(C)N1CCOc2c(F)cc(-c3nc(Nc4ccc(C5CCN(C(=O)OC(C)(C)C)CC5)c(F)c4)ncc3F)cc21. The Labute approximate surface area is 243 Å². The predicted molar refractivity (Wildman–Crippen MR) is 155 cm³/mol. The highest BCUT2D eigenvalue weighted by Crippen LogP contribution is 2.39. The van der Waals surface area contributed by atoms with Crippen molar-refractivity contribution in [2.45, 2.75) is 65.0 Å². The highest BCUT2D eigenvalue weighted by atomic mass is 19.1. The first-order chi connectivity index (χ1) is 19.9. The molecule has 0 unspecified atom stereocenters. The molecule has 1 saturated heterocycles. The number of ether oxygens (including phenoxy) is 2. The van der Waals surface area contributed by atoms with Crippen molar-refractivity contribution in [2.75, 3.05) is 36.5 Å². The monoisotopic (exact) mass is 583 g/mol. The average Bonchev–Trinajstić information content (AvgIpc) is 2.93. The van der Waals surface area contributed by atoms with Gasteiger partial charge >= 0.3 is 6.09 Å². The third-order valence-electron chi connectivity index (χ3n) is 7.40. The van der Waals surface area contributed by atoms with Crippen LogP contribution in [-0.2, 0) is 4.74 Å². The van der Waals surface area contributed by atoms with Crippen molar-refractivity contribution in [3.05, 3.63) is 59.5 Å². The molecule has 0 bridgehead atoms. The normalized spacial score (nSPS) is 15.8. The number of nitrogens with zero attached hydrogens (tertiary/aromatic N) is 4. The Morgan fingerprint density at radius 2 is 1.79 bits per heavy atom. The Morgan fingerprint density at radius 3 is 2.45 bits per heavy atom. The molecule has 2 aromatic carbocycles. The van der Waals surface area contributed by atoms with Crippen molar-refractivity contribution in [1.82, 2.24) is 14.9 Å². The van der Waals surface area contributed by atoms with Crippen LogP contribution in [0.1, 0.15) is 58.9 Å². The van der Waals surface area contributed by atoms with Gasteiger partial charge < -0.3 is 24.6 Å². The van der Waals surface area contributed by atoms with E-state index >= 15 is 4.39 Å². The summed E-state index contributed by atoms with van der Waals surface area (Å²) < 4.78 is 56.1. The third kappa shape index (κ3) is 6.39. The molecule has 0 atom stereocenters. The second-order valence-corrected chi connectivity index (χ2v) is 11.9. The molecule has 0 saturated carbocycles. The summed E-state index contributed by atoms with van der Waals surface area (Å²) in [6.07, 6.45) is 1.87. The predicted octanol–water partition coefficient (Wildman–Crippen LogP) is 7.03. The van der Waals surface area contributed by atoms with E-state index in [4.69, 9.17) is 9.47 Å². The number of benzene rings is 2. The summed E-state index contributed by atoms with van der Waals surface area (Å²) in [5.41, 5.74) is 1.07. The molecule has 1 amide bonds. The molecule has 0 aliphatic carbocycles. The van der Waals surface area contributed by atoms with Crippen molar-refractivity contribution in [3.8, 4) is 17.0 Å². The number of aromatic nitrogens is 2. The fourth-order valence-electron chi connectivity index (χ4n) is 5.37. The Hall–Kier alpha value is -4.02. The lowest BCUT2D eigenvalue weighted by atomic mass is 9.89. The fraction of sp³-hybridized carbons (Fsp3) is 0.452. The number of amides is 1. The lowest BCUT2D eigenvalue weighted by molar-refractivity contribution is 0.0204. The van der Waals surface area contributed by atoms with Gasteiger partial charge in [-0.05, 0) is 83.2 Å². The van der Waals surface area contributed by atoms with Crippen LogP contribution in [0.15, 0.2) is 36.5 Å². The number of anilines is 3. The van der Waals surface area contributed by atoms with E-state index in [0.717, 1.165) is 6.20 Å². The van der Waals surface area contributed by atoms with Gasteiger partial charge in [0.05, 0.1) is 18.4 Å². The van der Waals surface area contributed by atoms with Crippen molar-refractivity contribution >= 4 is 23.4 Å². The number of carbonyl (C=O) groups excluding carboxylic acids is 1. The summed E-state index contributed by atoms with van der Waals surface area (Å²) in [5.74, 6) is -1.58. The summed E-state index contributed by atoms with van der Waals surface area (Å²) in [4.78, 5) is 24.3. The Morgan fingerprint density at radius 1 is 1.05 bits per heavy atom. The number of rotatable bonds is 5. The van der Waals surface area contributed by atoms with Gasteiger partial charge in [0.2, 0.25) is 5.95 Å². The third-order valence-corrected chi connectivity index (χ3v) is 7.40. The maximum absolute atomic E-state index is 15.2. The van der Waals surface area contributed by atoms with Crippen LogP contribution < -0.4 is 15.0 Å². The summed E-state index contributed by atoms with van der Waals surface area (Å²) in [7, 11) is 0. The molecular formula is C31H36F3N5O3. The molecule has 42 heavy (non-hydrogen) atoms. The zero-order valence-corrected chi connectivity index (χ0v) is 24.5. The van der Waals surface area contributed by atoms with E-state index in [1.54, 1.807) is 23.1 Å². The van der Waals surface area contributed by atoms with Gasteiger partial charge in [0, 0.05) is 30.4 Å². The van der Waals surface area contributed by atoms with Crippen LogP contribution in [0.4, 0.5) is 35.3 Å². The van der Waals surface area contributed by atoms with Crippen LogP contribution in [0.2, 0.25) is 0 Å². The lowest BCUT2D eigenvalue weighted by Gasteiger charge is -2.34. The number of hydrogen-bond donors (Lipinski definition) is 1. The van der Waals surface area contributed by atoms with Gasteiger partial charge in [0.15, 0.2) is 17.4 Å². The molecule has 2 aliphatic heterocycles. The van der Waals surface area contributed by atoms with Crippen LogP contribution in [-0.4, -0.2) is 58.8 Å². The topological polar surface area (TPSA) is 79.8 Å². The standard InChI is InChI=1S/C31H36F3N5O3/c1-18(2)39-12-13-41-28-24(33)14-20(15-26(28)39)27-25(34)17-35-29(37-27)36-21-6-7-22(23(32)16-21)19-8-10-38(11-9-19)30(40)42-31(3,4)5/h6-7,14-19H,8-13H2,1-5H3,(H,35,36,37). The molecule has 3 heterocycles. The fourth-order valence-corrected chi connectivity index (χ4v) is 5.37. The first-order valence-corrected chi connectivity index (χ1v) is 14.2. The van der Waals surface area contributed by atoms with E-state index in [1.807, 2.05) is 39.5 Å². The van der Waals surface area contributed by atoms with Gasteiger partial charge in [-0.25, -0.2) is 27.9 Å². The number of piperidine rings is 1. The van der Waals surface area contributed by atoms with Gasteiger partial charge in [0.1, 0.15) is 23.7 Å². The minimum atomic E-state index is -0.716. The van der Waals surface area contributed by atoms with Crippen molar-refractivity contribution < 1.29 is 27.4 Å². The summed E-state index contributed by atoms with van der Waals surface area (Å²) in [6, 6.07) is 7.70. The molecule has 1 fully saturated rings. The maximum atomic E-state index is 15.2. The molecule has 0 radical (unpaired) electrons. The zero-order valence-electron chi connectivity index (χ0n) is 24.5. The number of carbonyl (C=O) groups is 1. The molecule has 8 nitrogen and oxygen atoms in total. The first-order valence-electron chi connectivity index (χ1n) is 14.2. The average molecular weight is 584 g/mol. The van der Waals surface area contributed by atoms with Crippen molar-refractivity contribution in [1.29, 1.82) is 0 Å². The molecule has 5 rings (SSSR count). The summed E-state index contributed by atoms with van der Waals surface area (Å²) in [6.45, 7) is 11.4. The zero-order chi connectivity index (χ0) is 30.2. The van der Waals surface area contributed by atoms with Gasteiger partial charge in [-0.1, -0.05) is 6.07 Å². The van der Waals surface area contributed by atoms with Gasteiger partial charge in [0.25, 0.3) is 0 Å². The number of likely N-dealkylation sites (tertiary alicyclic amines) is 1. The Balaban J connectivity index is 1.31. The van der Waals surface area contributed by atoms with Crippen molar-refractivity contribution in [2.24, 2.45) is 0 Å². The molecule has 1 N–H and O–H groups in total. The second kappa shape index (κ2) is 11.7. The van der Waals surface area contributed by atoms with Crippen LogP contribution >= 0.6 is 0 Å². The summed E-state index contributed by atoms with van der Waals surface area (Å²) >= 11 is 0. The Bertz CT molecular complexity index is 1470. The smallest absolute Gasteiger partial charge is 0.410 e. The van der Waals surface area contributed by atoms with E-state index in [-0.39, 0.29) is 41.0 Å². The van der Waals surface area contributed by atoms with Crippen molar-refractivity contribution in [3.63, 3.8) is 0 Å². The van der Waals surface area contributed by atoms with Crippen LogP contribution in [0.5, 0.6) is 5.75 Å². The maximum Gasteiger partial charge on any atom is 0.410 e. The lowest BCUT2D eigenvalue weighted by Crippen LogP contribution is -2.41. The second-order valence-electron chi connectivity index (χ2n) is 11.9. The van der Waals surface area contributed by atoms with E-state index in [1.165, 1.54) is 12.1 Å². The van der Waals surface area contributed by atoms with Gasteiger partial charge in [-0.3, -0.25) is 0 Å². The Kier molecular flexibility index (Phi) is 8.21. The van der Waals surface area contributed by atoms with E-state index in [0.29, 0.717) is 56.0 Å². The van der Waals surface area contributed by atoms with Gasteiger partial charge in [-0.15, -0.1) is 0 Å². The number of hydrogen-bond acceptors (Lipinski definition) is 7. The molecule has 11 heteroatoms. The first kappa shape index (κ1) is 29.5. The molecule has 1 aromatic heterocycles.